The molecular formula is C9H8O2. The lowest BCUT2D eigenvalue weighted by atomic mass is 10.0. The smallest absolute Gasteiger partial charge is 0.182 e. The lowest BCUT2D eigenvalue weighted by Gasteiger charge is -2.01. The molecule has 2 nitrogen and oxygen atoms in total. The topological polar surface area (TPSA) is 34.1 Å². The van der Waals surface area contributed by atoms with Crippen LogP contribution in [0.2, 0.25) is 0 Å². The van der Waals surface area contributed by atoms with Gasteiger partial charge in [-0.05, 0) is 24.6 Å². The maximum Gasteiger partial charge on any atom is 0.182 e. The lowest BCUT2D eigenvalue weighted by Crippen LogP contribution is -2.06. The highest BCUT2D eigenvalue weighted by Crippen LogP contribution is 2.09. The number of rotatable bonds is 2. The second kappa shape index (κ2) is 3.10. The Labute approximate surface area is 64.9 Å². The van der Waals surface area contributed by atoms with E-state index in [0.717, 1.165) is 0 Å². The molecule has 0 aromatic rings. The van der Waals surface area contributed by atoms with Crippen LogP contribution in [0.25, 0.3) is 0 Å². The molecule has 0 spiro atoms. The molecule has 2 heteroatoms. The Morgan fingerprint density at radius 2 is 2.09 bits per heavy atom. The summed E-state index contributed by atoms with van der Waals surface area (Å²) in [6, 6.07) is 0. The fourth-order valence-electron chi connectivity index (χ4n) is 0.871. The average molecular weight is 148 g/mol. The third kappa shape index (κ3) is 1.74. The zero-order valence-corrected chi connectivity index (χ0v) is 6.04. The monoisotopic (exact) mass is 148 g/mol. The van der Waals surface area contributed by atoms with Gasteiger partial charge in [0.15, 0.2) is 11.6 Å². The van der Waals surface area contributed by atoms with Gasteiger partial charge in [-0.15, -0.1) is 6.58 Å². The van der Waals surface area contributed by atoms with E-state index in [2.05, 4.69) is 6.58 Å². The molecule has 0 unspecified atom stereocenters. The standard InChI is InChI=1S/C9H8O2/c1-2-3-7-6-8(10)4-5-9(7)11/h2,4-6H,1,3H2. The Hall–Kier alpha value is -1.44. The van der Waals surface area contributed by atoms with Gasteiger partial charge >= 0.3 is 0 Å². The van der Waals surface area contributed by atoms with Crippen molar-refractivity contribution in [3.8, 4) is 0 Å². The molecule has 0 N–H and O–H groups in total. The number of hydrogen-bond acceptors (Lipinski definition) is 2. The molecule has 1 rings (SSSR count). The molecule has 0 bridgehead atoms. The van der Waals surface area contributed by atoms with Gasteiger partial charge in [-0.3, -0.25) is 9.59 Å². The van der Waals surface area contributed by atoms with Crippen molar-refractivity contribution in [1.29, 1.82) is 0 Å². The summed E-state index contributed by atoms with van der Waals surface area (Å²) in [5.41, 5.74) is 0.521. The van der Waals surface area contributed by atoms with Crippen LogP contribution in [0.15, 0.2) is 36.5 Å². The van der Waals surface area contributed by atoms with E-state index in [1.165, 1.54) is 18.2 Å². The Morgan fingerprint density at radius 3 is 2.73 bits per heavy atom. The molecule has 0 saturated heterocycles. The summed E-state index contributed by atoms with van der Waals surface area (Å²) in [6.07, 6.45) is 5.99. The van der Waals surface area contributed by atoms with Gasteiger partial charge in [-0.1, -0.05) is 6.08 Å². The van der Waals surface area contributed by atoms with Gasteiger partial charge in [0.1, 0.15) is 0 Å². The summed E-state index contributed by atoms with van der Waals surface area (Å²) in [5, 5.41) is 0. The SMILES string of the molecule is C=CCC1=CC(=O)C=CC1=O. The number of allylic oxidation sites excluding steroid dienone is 5. The maximum absolute atomic E-state index is 11.0. The van der Waals surface area contributed by atoms with Gasteiger partial charge in [-0.25, -0.2) is 0 Å². The Balaban J connectivity index is 2.84. The predicted octanol–water partition coefficient (Wildman–Crippen LogP) is 1.20. The molecule has 0 aromatic carbocycles. The minimum absolute atomic E-state index is 0.0931. The summed E-state index contributed by atoms with van der Waals surface area (Å²) in [5.74, 6) is -0.217. The van der Waals surface area contributed by atoms with Gasteiger partial charge < -0.3 is 0 Å². The van der Waals surface area contributed by atoms with Crippen LogP contribution < -0.4 is 0 Å². The largest absolute Gasteiger partial charge is 0.290 e. The van der Waals surface area contributed by atoms with Crippen LogP contribution >= 0.6 is 0 Å². The highest BCUT2D eigenvalue weighted by Gasteiger charge is 2.10. The fraction of sp³-hybridized carbons (Fsp3) is 0.111. The number of hydrogen-bond donors (Lipinski definition) is 0. The Bertz CT molecular complexity index is 269. The minimum Gasteiger partial charge on any atom is -0.290 e. The molecule has 0 amide bonds. The first kappa shape index (κ1) is 7.66. The Morgan fingerprint density at radius 1 is 1.36 bits per heavy atom. The van der Waals surface area contributed by atoms with E-state index in [-0.39, 0.29) is 11.6 Å². The molecule has 0 radical (unpaired) electrons. The van der Waals surface area contributed by atoms with E-state index in [4.69, 9.17) is 0 Å². The minimum atomic E-state index is -0.124. The van der Waals surface area contributed by atoms with Crippen LogP contribution in [0.5, 0.6) is 0 Å². The van der Waals surface area contributed by atoms with Crippen molar-refractivity contribution in [2.45, 2.75) is 6.42 Å². The molecule has 0 atom stereocenters. The Kier molecular flexibility index (Phi) is 2.16. The molecular weight excluding hydrogens is 140 g/mol. The third-order valence-electron chi connectivity index (χ3n) is 1.40. The number of carbonyl (C=O) groups excluding carboxylic acids is 2. The molecule has 56 valence electrons. The first-order valence-corrected chi connectivity index (χ1v) is 3.32. The highest BCUT2D eigenvalue weighted by atomic mass is 16.1. The molecule has 0 saturated carbocycles. The quantitative estimate of drug-likeness (QED) is 0.435. The lowest BCUT2D eigenvalue weighted by molar-refractivity contribution is -0.114. The van der Waals surface area contributed by atoms with Crippen LogP contribution in [-0.4, -0.2) is 11.6 Å². The van der Waals surface area contributed by atoms with Gasteiger partial charge in [0.25, 0.3) is 0 Å². The van der Waals surface area contributed by atoms with Crippen molar-refractivity contribution in [1.82, 2.24) is 0 Å². The van der Waals surface area contributed by atoms with E-state index in [9.17, 15) is 9.59 Å². The first-order valence-electron chi connectivity index (χ1n) is 3.32. The molecule has 0 heterocycles. The van der Waals surface area contributed by atoms with Gasteiger partial charge in [0.2, 0.25) is 0 Å². The van der Waals surface area contributed by atoms with Crippen LogP contribution in [-0.2, 0) is 9.59 Å². The van der Waals surface area contributed by atoms with Crippen LogP contribution in [0.1, 0.15) is 6.42 Å². The van der Waals surface area contributed by atoms with Gasteiger partial charge in [0, 0.05) is 5.57 Å². The van der Waals surface area contributed by atoms with Crippen LogP contribution in [0.4, 0.5) is 0 Å². The van der Waals surface area contributed by atoms with Crippen molar-refractivity contribution in [3.05, 3.63) is 36.5 Å². The van der Waals surface area contributed by atoms with Crippen molar-refractivity contribution in [2.24, 2.45) is 0 Å². The second-order valence-corrected chi connectivity index (χ2v) is 2.26. The predicted molar refractivity (Wildman–Crippen MR) is 42.1 cm³/mol. The molecule has 1 aliphatic rings. The van der Waals surface area contributed by atoms with Gasteiger partial charge in [0.05, 0.1) is 0 Å². The highest BCUT2D eigenvalue weighted by molar-refractivity contribution is 6.17. The van der Waals surface area contributed by atoms with E-state index in [1.807, 2.05) is 0 Å². The van der Waals surface area contributed by atoms with Crippen molar-refractivity contribution in [2.75, 3.05) is 0 Å². The molecule has 0 aliphatic heterocycles. The number of ketones is 2. The first-order chi connectivity index (χ1) is 5.24. The van der Waals surface area contributed by atoms with Crippen LogP contribution in [0.3, 0.4) is 0 Å². The van der Waals surface area contributed by atoms with E-state index in [0.29, 0.717) is 12.0 Å². The molecule has 0 fully saturated rings. The molecule has 1 aliphatic carbocycles. The van der Waals surface area contributed by atoms with Crippen molar-refractivity contribution >= 4 is 11.6 Å². The zero-order chi connectivity index (χ0) is 8.27. The van der Waals surface area contributed by atoms with Gasteiger partial charge in [-0.2, -0.15) is 0 Å². The summed E-state index contributed by atoms with van der Waals surface area (Å²) >= 11 is 0. The van der Waals surface area contributed by atoms with Crippen LogP contribution in [0, 0.1) is 0 Å². The summed E-state index contributed by atoms with van der Waals surface area (Å²) in [6.45, 7) is 3.49. The van der Waals surface area contributed by atoms with E-state index < -0.39 is 0 Å². The van der Waals surface area contributed by atoms with E-state index in [1.54, 1.807) is 6.08 Å². The summed E-state index contributed by atoms with van der Waals surface area (Å²) < 4.78 is 0. The van der Waals surface area contributed by atoms with E-state index >= 15 is 0 Å². The van der Waals surface area contributed by atoms with Crippen molar-refractivity contribution in [3.63, 3.8) is 0 Å². The molecule has 0 aromatic heterocycles. The zero-order valence-electron chi connectivity index (χ0n) is 6.04. The average Bonchev–Trinajstić information content (AvgIpc) is 1.98. The molecule has 11 heavy (non-hydrogen) atoms. The maximum atomic E-state index is 11.0. The number of carbonyl (C=O) groups is 2. The second-order valence-electron chi connectivity index (χ2n) is 2.26. The summed E-state index contributed by atoms with van der Waals surface area (Å²) in [7, 11) is 0. The van der Waals surface area contributed by atoms with Crippen molar-refractivity contribution < 1.29 is 9.59 Å². The fourth-order valence-corrected chi connectivity index (χ4v) is 0.871. The third-order valence-corrected chi connectivity index (χ3v) is 1.40. The normalized spacial score (nSPS) is 16.5. The summed E-state index contributed by atoms with van der Waals surface area (Å²) in [4.78, 5) is 21.7.